The summed E-state index contributed by atoms with van der Waals surface area (Å²) in [7, 11) is 0. The molecule has 1 aromatic rings. The normalized spacial score (nSPS) is 22.2. The molecule has 13 nitrogen and oxygen atoms in total. The van der Waals surface area contributed by atoms with Gasteiger partial charge in [0.2, 0.25) is 17.6 Å². The standard InChI is InChI=1S/C35H53N5O8/c1-21(2)24-12-16-40(26(24)30(43)37-25(27(41)29(36)42)18-22-10-9-11-22)31(44)28(34(3,4)5)38-33(46)39-35(14-7-6-8-15-35)32(45)48-20-23-13-17-47-19-23/h13,17,19,21-22,24-26,28H,6-12,14-16,18,20H2,1-5H3,(H2,36,42)(H,37,43)(H2,38,39,46)/t24-,25?,26+,28-/m1/s1. The highest BCUT2D eigenvalue weighted by Gasteiger charge is 2.49. The Morgan fingerprint density at radius 2 is 1.71 bits per heavy atom. The molecule has 2 saturated carbocycles. The first-order chi connectivity index (χ1) is 22.6. The Morgan fingerprint density at radius 1 is 1.02 bits per heavy atom. The van der Waals surface area contributed by atoms with E-state index in [4.69, 9.17) is 14.9 Å². The molecule has 4 rings (SSSR count). The zero-order chi connectivity index (χ0) is 35.2. The predicted molar refractivity (Wildman–Crippen MR) is 176 cm³/mol. The highest BCUT2D eigenvalue weighted by molar-refractivity contribution is 6.37. The van der Waals surface area contributed by atoms with Gasteiger partial charge < -0.3 is 35.7 Å². The minimum atomic E-state index is -1.25. The highest BCUT2D eigenvalue weighted by atomic mass is 16.5. The van der Waals surface area contributed by atoms with Crippen LogP contribution in [0.1, 0.15) is 104 Å². The molecule has 266 valence electrons. The number of hydrogen-bond acceptors (Lipinski definition) is 8. The van der Waals surface area contributed by atoms with Crippen LogP contribution in [0.25, 0.3) is 0 Å². The molecule has 0 aromatic carbocycles. The van der Waals surface area contributed by atoms with E-state index in [1.807, 2.05) is 34.6 Å². The number of ketones is 1. The van der Waals surface area contributed by atoms with E-state index in [0.717, 1.165) is 38.5 Å². The molecule has 5 amide bonds. The second-order valence-corrected chi connectivity index (χ2v) is 15.2. The number of likely N-dealkylation sites (tertiary alicyclic amines) is 1. The SMILES string of the molecule is CC(C)[C@H]1CCN(C(=O)[C@@H](NC(=O)NC2(C(=O)OCc3ccoc3)CCCCC2)C(C)(C)C)[C@@H]1C(=O)NC(CC1CCC1)C(=O)C(N)=O. The number of nitrogens with zero attached hydrogens (tertiary/aromatic N) is 1. The number of Topliss-reactive ketones (excluding diaryl/α,β-unsaturated/α-hetero) is 1. The molecule has 4 atom stereocenters. The molecule has 1 unspecified atom stereocenters. The Bertz CT molecular complexity index is 1330. The summed E-state index contributed by atoms with van der Waals surface area (Å²) in [6.45, 7) is 9.68. The molecule has 0 radical (unpaired) electrons. The van der Waals surface area contributed by atoms with Crippen molar-refractivity contribution in [2.45, 2.75) is 129 Å². The second-order valence-electron chi connectivity index (χ2n) is 15.2. The maximum Gasteiger partial charge on any atom is 0.332 e. The molecule has 0 bridgehead atoms. The van der Waals surface area contributed by atoms with Crippen molar-refractivity contribution >= 4 is 35.5 Å². The number of urea groups is 1. The molecule has 13 heteroatoms. The van der Waals surface area contributed by atoms with Crippen molar-refractivity contribution in [3.8, 4) is 0 Å². The van der Waals surface area contributed by atoms with Crippen LogP contribution in [0.15, 0.2) is 23.0 Å². The number of esters is 1. The average Bonchev–Trinajstić information content (AvgIpc) is 3.69. The molecular weight excluding hydrogens is 618 g/mol. The van der Waals surface area contributed by atoms with E-state index < -0.39 is 64.6 Å². The van der Waals surface area contributed by atoms with Crippen LogP contribution in [0, 0.1) is 23.2 Å². The monoisotopic (exact) mass is 671 g/mol. The third-order valence-corrected chi connectivity index (χ3v) is 10.3. The maximum atomic E-state index is 14.4. The minimum Gasteiger partial charge on any atom is -0.472 e. The second kappa shape index (κ2) is 15.5. The number of hydrogen-bond donors (Lipinski definition) is 4. The first-order valence-electron chi connectivity index (χ1n) is 17.3. The van der Waals surface area contributed by atoms with E-state index in [2.05, 4.69) is 16.0 Å². The Balaban J connectivity index is 1.52. The van der Waals surface area contributed by atoms with E-state index in [0.29, 0.717) is 31.2 Å². The molecule has 1 aliphatic heterocycles. The van der Waals surface area contributed by atoms with Gasteiger partial charge in [-0.15, -0.1) is 0 Å². The summed E-state index contributed by atoms with van der Waals surface area (Å²) in [5.74, 6) is -3.44. The van der Waals surface area contributed by atoms with Crippen LogP contribution in [0.4, 0.5) is 4.79 Å². The molecule has 2 heterocycles. The van der Waals surface area contributed by atoms with Crippen LogP contribution in [0.3, 0.4) is 0 Å². The lowest BCUT2D eigenvalue weighted by atomic mass is 9.80. The van der Waals surface area contributed by atoms with Gasteiger partial charge in [-0.05, 0) is 54.9 Å². The highest BCUT2D eigenvalue weighted by Crippen LogP contribution is 2.35. The summed E-state index contributed by atoms with van der Waals surface area (Å²) in [6.07, 6.45) is 9.85. The number of carbonyl (C=O) groups excluding carboxylic acids is 6. The number of furan rings is 1. The van der Waals surface area contributed by atoms with Gasteiger partial charge in [0.25, 0.3) is 5.91 Å². The summed E-state index contributed by atoms with van der Waals surface area (Å²) in [5, 5.41) is 8.49. The Morgan fingerprint density at radius 3 is 2.25 bits per heavy atom. The molecule has 0 spiro atoms. The third kappa shape index (κ3) is 8.76. The molecule has 2 aliphatic carbocycles. The van der Waals surface area contributed by atoms with Crippen molar-refractivity contribution < 1.29 is 37.9 Å². The van der Waals surface area contributed by atoms with E-state index in [-0.39, 0.29) is 30.9 Å². The number of nitrogens with two attached hydrogens (primary N) is 1. The largest absolute Gasteiger partial charge is 0.472 e. The van der Waals surface area contributed by atoms with Gasteiger partial charge in [0.05, 0.1) is 18.6 Å². The quantitative estimate of drug-likeness (QED) is 0.181. The van der Waals surface area contributed by atoms with E-state index in [1.54, 1.807) is 6.07 Å². The van der Waals surface area contributed by atoms with Gasteiger partial charge in [-0.3, -0.25) is 19.2 Å². The van der Waals surface area contributed by atoms with Gasteiger partial charge in [-0.1, -0.05) is 73.1 Å². The number of rotatable bonds is 13. The first kappa shape index (κ1) is 36.9. The van der Waals surface area contributed by atoms with Crippen molar-refractivity contribution in [3.05, 3.63) is 24.2 Å². The van der Waals surface area contributed by atoms with E-state index in [1.165, 1.54) is 17.4 Å². The summed E-state index contributed by atoms with van der Waals surface area (Å²) in [5.41, 5.74) is 4.00. The van der Waals surface area contributed by atoms with Gasteiger partial charge in [0, 0.05) is 12.1 Å². The fourth-order valence-electron chi connectivity index (χ4n) is 7.22. The lowest BCUT2D eigenvalue weighted by molar-refractivity contribution is -0.154. The molecular formula is C35H53N5O8. The van der Waals surface area contributed by atoms with Gasteiger partial charge in [-0.2, -0.15) is 0 Å². The fraction of sp³-hybridized carbons (Fsp3) is 0.714. The maximum absolute atomic E-state index is 14.4. The number of amides is 5. The van der Waals surface area contributed by atoms with Crippen molar-refractivity contribution in [3.63, 3.8) is 0 Å². The van der Waals surface area contributed by atoms with Crippen LogP contribution >= 0.6 is 0 Å². The van der Waals surface area contributed by atoms with Gasteiger partial charge >= 0.3 is 12.0 Å². The third-order valence-electron chi connectivity index (χ3n) is 10.3. The number of carbonyl (C=O) groups is 6. The van der Waals surface area contributed by atoms with Crippen LogP contribution < -0.4 is 21.7 Å². The first-order valence-corrected chi connectivity index (χ1v) is 17.3. The smallest absolute Gasteiger partial charge is 0.332 e. The van der Waals surface area contributed by atoms with Gasteiger partial charge in [0.1, 0.15) is 24.2 Å². The van der Waals surface area contributed by atoms with Gasteiger partial charge in [0.15, 0.2) is 0 Å². The van der Waals surface area contributed by atoms with Crippen molar-refractivity contribution in [2.75, 3.05) is 6.54 Å². The van der Waals surface area contributed by atoms with Crippen LogP contribution in [-0.2, 0) is 35.3 Å². The topological polar surface area (TPSA) is 190 Å². The Kier molecular flexibility index (Phi) is 12.0. The lowest BCUT2D eigenvalue weighted by Gasteiger charge is -2.39. The summed E-state index contributed by atoms with van der Waals surface area (Å²) >= 11 is 0. The zero-order valence-corrected chi connectivity index (χ0v) is 29.0. The molecule has 48 heavy (non-hydrogen) atoms. The summed E-state index contributed by atoms with van der Waals surface area (Å²) < 4.78 is 10.6. The van der Waals surface area contributed by atoms with E-state index in [9.17, 15) is 28.8 Å². The van der Waals surface area contributed by atoms with Crippen molar-refractivity contribution in [1.29, 1.82) is 0 Å². The van der Waals surface area contributed by atoms with Gasteiger partial charge in [-0.25, -0.2) is 9.59 Å². The van der Waals surface area contributed by atoms with Crippen LogP contribution in [0.5, 0.6) is 0 Å². The summed E-state index contributed by atoms with van der Waals surface area (Å²) in [4.78, 5) is 81.5. The summed E-state index contributed by atoms with van der Waals surface area (Å²) in [6, 6.07) is -2.02. The number of nitrogens with one attached hydrogen (secondary N) is 3. The number of ether oxygens (including phenoxy) is 1. The fourth-order valence-corrected chi connectivity index (χ4v) is 7.22. The molecule has 5 N–H and O–H groups in total. The molecule has 1 aromatic heterocycles. The molecule has 1 saturated heterocycles. The molecule has 3 fully saturated rings. The number of primary amides is 1. The van der Waals surface area contributed by atoms with Crippen molar-refractivity contribution in [2.24, 2.45) is 28.9 Å². The minimum absolute atomic E-state index is 0.00542. The van der Waals surface area contributed by atoms with Crippen LogP contribution in [0.2, 0.25) is 0 Å². The average molecular weight is 672 g/mol. The van der Waals surface area contributed by atoms with E-state index >= 15 is 0 Å². The molecule has 3 aliphatic rings. The predicted octanol–water partition coefficient (Wildman–Crippen LogP) is 3.34. The Labute approximate surface area is 282 Å². The van der Waals surface area contributed by atoms with Crippen molar-refractivity contribution in [1.82, 2.24) is 20.9 Å². The van der Waals surface area contributed by atoms with Crippen LogP contribution in [-0.4, -0.2) is 70.6 Å². The lowest BCUT2D eigenvalue weighted by Crippen LogP contribution is -2.64. The Hall–Kier alpha value is -3.90. The zero-order valence-electron chi connectivity index (χ0n) is 29.0.